The third-order valence-corrected chi connectivity index (χ3v) is 2.19. The van der Waals surface area contributed by atoms with Crippen LogP contribution in [0.15, 0.2) is 24.3 Å². The highest BCUT2D eigenvalue weighted by atomic mass is 16.5. The van der Waals surface area contributed by atoms with E-state index in [1.807, 2.05) is 0 Å². The predicted molar refractivity (Wildman–Crippen MR) is 62.8 cm³/mol. The van der Waals surface area contributed by atoms with E-state index in [2.05, 4.69) is 0 Å². The average Bonchev–Trinajstić information content (AvgIpc) is 2.34. The molecule has 0 aliphatic heterocycles. The van der Waals surface area contributed by atoms with Crippen molar-refractivity contribution in [3.05, 3.63) is 29.8 Å². The molecular formula is C12H12O6. The van der Waals surface area contributed by atoms with Crippen LogP contribution in [0.5, 0.6) is 11.5 Å². The summed E-state index contributed by atoms with van der Waals surface area (Å²) in [6.45, 7) is 0. The van der Waals surface area contributed by atoms with Gasteiger partial charge in [0.15, 0.2) is 11.5 Å². The van der Waals surface area contributed by atoms with Crippen LogP contribution in [0, 0.1) is 0 Å². The summed E-state index contributed by atoms with van der Waals surface area (Å²) in [6, 6.07) is 4.36. The zero-order valence-corrected chi connectivity index (χ0v) is 9.84. The van der Waals surface area contributed by atoms with Crippen molar-refractivity contribution in [2.24, 2.45) is 0 Å². The molecule has 0 saturated heterocycles. The summed E-state index contributed by atoms with van der Waals surface area (Å²) >= 11 is 0. The van der Waals surface area contributed by atoms with Gasteiger partial charge in [-0.15, -0.1) is 0 Å². The summed E-state index contributed by atoms with van der Waals surface area (Å²) in [6.07, 6.45) is 0.629. The highest BCUT2D eigenvalue weighted by molar-refractivity contribution is 6.19. The second kappa shape index (κ2) is 5.72. The molecule has 1 aromatic rings. The number of aliphatic carboxylic acids is 2. The van der Waals surface area contributed by atoms with Gasteiger partial charge in [0.1, 0.15) is 0 Å². The molecule has 0 unspecified atom stereocenters. The zero-order chi connectivity index (χ0) is 13.7. The highest BCUT2D eigenvalue weighted by Gasteiger charge is 2.15. The van der Waals surface area contributed by atoms with Crippen molar-refractivity contribution in [2.75, 3.05) is 14.2 Å². The Morgan fingerprint density at radius 2 is 1.72 bits per heavy atom. The van der Waals surface area contributed by atoms with E-state index in [1.165, 1.54) is 32.4 Å². The second-order valence-corrected chi connectivity index (χ2v) is 3.27. The molecule has 18 heavy (non-hydrogen) atoms. The van der Waals surface area contributed by atoms with Gasteiger partial charge in [-0.25, -0.2) is 9.59 Å². The standard InChI is InChI=1S/C12H12O6/c1-17-9-4-3-7(5-10(9)18-2)8(12(15)16)6-11(13)14/h3-6H,1-2H3,(H,13,14)(H,15,16)/b8-6-. The van der Waals surface area contributed by atoms with Crippen LogP contribution in [0.25, 0.3) is 5.57 Å². The molecule has 0 heterocycles. The molecule has 0 radical (unpaired) electrons. The lowest BCUT2D eigenvalue weighted by atomic mass is 10.0. The quantitative estimate of drug-likeness (QED) is 0.766. The summed E-state index contributed by atoms with van der Waals surface area (Å²) < 4.78 is 10.0. The van der Waals surface area contributed by atoms with Gasteiger partial charge in [0.2, 0.25) is 0 Å². The summed E-state index contributed by atoms with van der Waals surface area (Å²) in [5.41, 5.74) is -0.106. The molecule has 0 aliphatic carbocycles. The lowest BCUT2D eigenvalue weighted by Crippen LogP contribution is -2.03. The number of carboxylic acids is 2. The van der Waals surface area contributed by atoms with Crippen LogP contribution in [-0.4, -0.2) is 36.4 Å². The first-order valence-electron chi connectivity index (χ1n) is 4.90. The molecule has 1 aromatic carbocycles. The number of carbonyl (C=O) groups is 2. The lowest BCUT2D eigenvalue weighted by molar-refractivity contribution is -0.133. The van der Waals surface area contributed by atoms with Crippen LogP contribution in [0.3, 0.4) is 0 Å². The molecular weight excluding hydrogens is 240 g/mol. The summed E-state index contributed by atoms with van der Waals surface area (Å²) in [4.78, 5) is 21.6. The van der Waals surface area contributed by atoms with Crippen LogP contribution in [0.1, 0.15) is 5.56 Å². The van der Waals surface area contributed by atoms with Crippen molar-refractivity contribution in [3.63, 3.8) is 0 Å². The fraction of sp³-hybridized carbons (Fsp3) is 0.167. The summed E-state index contributed by atoms with van der Waals surface area (Å²) in [5.74, 6) is -1.90. The van der Waals surface area contributed by atoms with Gasteiger partial charge < -0.3 is 19.7 Å². The third kappa shape index (κ3) is 3.00. The monoisotopic (exact) mass is 252 g/mol. The fourth-order valence-corrected chi connectivity index (χ4v) is 1.40. The SMILES string of the molecule is COc1ccc(/C(=C/C(=O)O)C(=O)O)cc1OC. The minimum Gasteiger partial charge on any atom is -0.493 e. The molecule has 0 bridgehead atoms. The maximum atomic E-state index is 11.0. The number of hydrogen-bond donors (Lipinski definition) is 2. The molecule has 2 N–H and O–H groups in total. The Bertz CT molecular complexity index is 503. The molecule has 96 valence electrons. The van der Waals surface area contributed by atoms with Crippen molar-refractivity contribution in [1.82, 2.24) is 0 Å². The number of carboxylic acid groups (broad SMARTS) is 2. The van der Waals surface area contributed by atoms with E-state index in [0.717, 1.165) is 0 Å². The Labute approximate surface area is 103 Å². The van der Waals surface area contributed by atoms with E-state index < -0.39 is 11.9 Å². The first-order valence-corrected chi connectivity index (χ1v) is 4.90. The van der Waals surface area contributed by atoms with Crippen molar-refractivity contribution < 1.29 is 29.3 Å². The number of methoxy groups -OCH3 is 2. The van der Waals surface area contributed by atoms with E-state index >= 15 is 0 Å². The molecule has 0 spiro atoms. The third-order valence-electron chi connectivity index (χ3n) is 2.19. The Balaban J connectivity index is 3.30. The molecule has 6 nitrogen and oxygen atoms in total. The van der Waals surface area contributed by atoms with Crippen LogP contribution < -0.4 is 9.47 Å². The minimum absolute atomic E-state index is 0.225. The van der Waals surface area contributed by atoms with Crippen LogP contribution in [0.2, 0.25) is 0 Å². The predicted octanol–water partition coefficient (Wildman–Crippen LogP) is 1.26. The van der Waals surface area contributed by atoms with Gasteiger partial charge in [-0.2, -0.15) is 0 Å². The Morgan fingerprint density at radius 3 is 2.17 bits per heavy atom. The highest BCUT2D eigenvalue weighted by Crippen LogP contribution is 2.30. The van der Waals surface area contributed by atoms with E-state index in [-0.39, 0.29) is 11.1 Å². The molecule has 1 rings (SSSR count). The van der Waals surface area contributed by atoms with Crippen molar-refractivity contribution in [1.29, 1.82) is 0 Å². The molecule has 0 aliphatic rings. The fourth-order valence-electron chi connectivity index (χ4n) is 1.40. The Hall–Kier alpha value is -2.50. The van der Waals surface area contributed by atoms with Gasteiger partial charge in [0.05, 0.1) is 19.8 Å². The molecule has 0 aromatic heterocycles. The number of rotatable bonds is 5. The largest absolute Gasteiger partial charge is 0.493 e. The van der Waals surface area contributed by atoms with E-state index in [1.54, 1.807) is 0 Å². The Morgan fingerprint density at radius 1 is 1.11 bits per heavy atom. The smallest absolute Gasteiger partial charge is 0.336 e. The van der Waals surface area contributed by atoms with Gasteiger partial charge in [-0.3, -0.25) is 0 Å². The molecule has 0 amide bonds. The lowest BCUT2D eigenvalue weighted by Gasteiger charge is -2.09. The van der Waals surface area contributed by atoms with Gasteiger partial charge >= 0.3 is 11.9 Å². The zero-order valence-electron chi connectivity index (χ0n) is 9.84. The van der Waals surface area contributed by atoms with Crippen molar-refractivity contribution in [3.8, 4) is 11.5 Å². The topological polar surface area (TPSA) is 93.1 Å². The second-order valence-electron chi connectivity index (χ2n) is 3.27. The maximum absolute atomic E-state index is 11.0. The minimum atomic E-state index is -1.33. The van der Waals surface area contributed by atoms with E-state index in [0.29, 0.717) is 17.6 Å². The molecule has 0 saturated carbocycles. The first-order chi connectivity index (χ1) is 8.49. The van der Waals surface area contributed by atoms with Crippen LogP contribution in [0.4, 0.5) is 0 Å². The Kier molecular flexibility index (Phi) is 4.31. The number of ether oxygens (including phenoxy) is 2. The molecule has 6 heteroatoms. The maximum Gasteiger partial charge on any atom is 0.336 e. The van der Waals surface area contributed by atoms with Gasteiger partial charge in [-0.1, -0.05) is 6.07 Å². The first kappa shape index (κ1) is 13.6. The van der Waals surface area contributed by atoms with Gasteiger partial charge in [0, 0.05) is 6.08 Å². The average molecular weight is 252 g/mol. The number of benzene rings is 1. The number of hydrogen-bond acceptors (Lipinski definition) is 4. The summed E-state index contributed by atoms with van der Waals surface area (Å²) in [7, 11) is 2.85. The van der Waals surface area contributed by atoms with Crippen molar-refractivity contribution in [2.45, 2.75) is 0 Å². The normalized spacial score (nSPS) is 10.9. The molecule has 0 fully saturated rings. The van der Waals surface area contributed by atoms with Crippen LogP contribution >= 0.6 is 0 Å². The summed E-state index contributed by atoms with van der Waals surface area (Å²) in [5, 5.41) is 17.6. The van der Waals surface area contributed by atoms with Crippen LogP contribution in [-0.2, 0) is 9.59 Å². The van der Waals surface area contributed by atoms with Gasteiger partial charge in [-0.05, 0) is 17.7 Å². The molecule has 0 atom stereocenters. The van der Waals surface area contributed by atoms with Gasteiger partial charge in [0.25, 0.3) is 0 Å². The van der Waals surface area contributed by atoms with Crippen molar-refractivity contribution >= 4 is 17.5 Å². The van der Waals surface area contributed by atoms with E-state index in [9.17, 15) is 9.59 Å². The van der Waals surface area contributed by atoms with E-state index in [4.69, 9.17) is 19.7 Å².